The summed E-state index contributed by atoms with van der Waals surface area (Å²) in [6.07, 6.45) is 3.29. The van der Waals surface area contributed by atoms with Gasteiger partial charge in [0.1, 0.15) is 5.56 Å². The molecule has 2 heterocycles. The van der Waals surface area contributed by atoms with Crippen LogP contribution in [0.25, 0.3) is 5.65 Å². The van der Waals surface area contributed by atoms with Crippen molar-refractivity contribution in [1.82, 2.24) is 19.9 Å². The average molecular weight is 385 g/mol. The van der Waals surface area contributed by atoms with E-state index in [-0.39, 0.29) is 5.91 Å². The van der Waals surface area contributed by atoms with Crippen LogP contribution in [-0.4, -0.2) is 27.0 Å². The van der Waals surface area contributed by atoms with Crippen molar-refractivity contribution in [2.24, 2.45) is 5.92 Å². The largest absolute Gasteiger partial charge is 0.352 e. The quantitative estimate of drug-likeness (QED) is 0.686. The van der Waals surface area contributed by atoms with Crippen LogP contribution in [0.5, 0.6) is 0 Å². The fourth-order valence-electron chi connectivity index (χ4n) is 3.10. The minimum atomic E-state index is -0.123. The zero-order valence-electron chi connectivity index (χ0n) is 16.2. The number of fused-ring (bicyclic) bond motifs is 1. The van der Waals surface area contributed by atoms with Crippen LogP contribution >= 0.6 is 11.6 Å². The molecular formula is C21H25ClN4O. The van der Waals surface area contributed by atoms with E-state index in [4.69, 9.17) is 11.6 Å². The van der Waals surface area contributed by atoms with E-state index in [1.165, 1.54) is 0 Å². The van der Waals surface area contributed by atoms with Gasteiger partial charge < -0.3 is 5.32 Å². The third kappa shape index (κ3) is 4.30. The summed E-state index contributed by atoms with van der Waals surface area (Å²) in [6, 6.07) is 7.81. The molecule has 0 atom stereocenters. The first-order chi connectivity index (χ1) is 12.9. The van der Waals surface area contributed by atoms with E-state index in [1.807, 2.05) is 38.1 Å². The number of nitrogens with zero attached hydrogens (tertiary/aromatic N) is 3. The molecule has 0 saturated carbocycles. The molecule has 0 saturated heterocycles. The average Bonchev–Trinajstić information content (AvgIpc) is 3.03. The maximum absolute atomic E-state index is 12.5. The van der Waals surface area contributed by atoms with Crippen LogP contribution in [0.15, 0.2) is 30.5 Å². The SMILES string of the molecule is Cc1nc2c(C(=O)NCCC(C)C)cnn2c(C)c1Cc1ccc(Cl)cc1. The highest BCUT2D eigenvalue weighted by Gasteiger charge is 2.18. The molecule has 3 rings (SSSR count). The lowest BCUT2D eigenvalue weighted by Gasteiger charge is -2.12. The predicted molar refractivity (Wildman–Crippen MR) is 109 cm³/mol. The summed E-state index contributed by atoms with van der Waals surface area (Å²) in [5, 5.41) is 8.10. The molecule has 0 radical (unpaired) electrons. The number of halogens is 1. The molecule has 1 N–H and O–H groups in total. The number of nitrogens with one attached hydrogen (secondary N) is 1. The van der Waals surface area contributed by atoms with Gasteiger partial charge in [-0.1, -0.05) is 37.6 Å². The molecule has 0 fully saturated rings. The Hall–Kier alpha value is -2.40. The van der Waals surface area contributed by atoms with Gasteiger partial charge in [0, 0.05) is 29.4 Å². The summed E-state index contributed by atoms with van der Waals surface area (Å²) in [6.45, 7) is 8.92. The molecule has 0 unspecified atom stereocenters. The lowest BCUT2D eigenvalue weighted by molar-refractivity contribution is 0.0953. The highest BCUT2D eigenvalue weighted by atomic mass is 35.5. The Morgan fingerprint density at radius 2 is 1.93 bits per heavy atom. The summed E-state index contributed by atoms with van der Waals surface area (Å²) in [5.41, 5.74) is 5.29. The normalized spacial score (nSPS) is 11.3. The number of carbonyl (C=O) groups is 1. The lowest BCUT2D eigenvalue weighted by atomic mass is 10.0. The van der Waals surface area contributed by atoms with Gasteiger partial charge in [-0.2, -0.15) is 5.10 Å². The van der Waals surface area contributed by atoms with Gasteiger partial charge in [0.15, 0.2) is 5.65 Å². The van der Waals surface area contributed by atoms with Crippen LogP contribution < -0.4 is 5.32 Å². The number of amides is 1. The van der Waals surface area contributed by atoms with Crippen molar-refractivity contribution >= 4 is 23.2 Å². The molecule has 0 aliphatic heterocycles. The van der Waals surface area contributed by atoms with Crippen molar-refractivity contribution in [3.63, 3.8) is 0 Å². The monoisotopic (exact) mass is 384 g/mol. The summed E-state index contributed by atoms with van der Waals surface area (Å²) in [7, 11) is 0. The Labute approximate surface area is 164 Å². The van der Waals surface area contributed by atoms with Gasteiger partial charge in [-0.15, -0.1) is 0 Å². The molecule has 0 bridgehead atoms. The van der Waals surface area contributed by atoms with E-state index in [1.54, 1.807) is 10.7 Å². The second-order valence-electron chi connectivity index (χ2n) is 7.30. The molecule has 5 nitrogen and oxygen atoms in total. The number of hydrogen-bond acceptors (Lipinski definition) is 3. The van der Waals surface area contributed by atoms with Gasteiger partial charge in [0.05, 0.1) is 6.20 Å². The molecule has 142 valence electrons. The Morgan fingerprint density at radius 1 is 1.22 bits per heavy atom. The topological polar surface area (TPSA) is 59.3 Å². The molecule has 3 aromatic rings. The van der Waals surface area contributed by atoms with Crippen molar-refractivity contribution in [2.75, 3.05) is 6.54 Å². The van der Waals surface area contributed by atoms with Crippen LogP contribution in [0.3, 0.4) is 0 Å². The van der Waals surface area contributed by atoms with Crippen LogP contribution in [0, 0.1) is 19.8 Å². The zero-order valence-corrected chi connectivity index (χ0v) is 17.0. The number of aromatic nitrogens is 3. The van der Waals surface area contributed by atoms with E-state index < -0.39 is 0 Å². The second-order valence-corrected chi connectivity index (χ2v) is 7.73. The van der Waals surface area contributed by atoms with Crippen molar-refractivity contribution < 1.29 is 4.79 Å². The first-order valence-electron chi connectivity index (χ1n) is 9.23. The van der Waals surface area contributed by atoms with Crippen LogP contribution in [-0.2, 0) is 6.42 Å². The zero-order chi connectivity index (χ0) is 19.6. The van der Waals surface area contributed by atoms with E-state index in [0.29, 0.717) is 23.7 Å². The van der Waals surface area contributed by atoms with E-state index in [0.717, 1.165) is 40.4 Å². The predicted octanol–water partition coefficient (Wildman–Crippen LogP) is 4.37. The molecule has 6 heteroatoms. The van der Waals surface area contributed by atoms with Crippen LogP contribution in [0.1, 0.15) is 53.1 Å². The Morgan fingerprint density at radius 3 is 2.59 bits per heavy atom. The molecule has 0 aliphatic rings. The van der Waals surface area contributed by atoms with Crippen LogP contribution in [0.2, 0.25) is 5.02 Å². The number of hydrogen-bond donors (Lipinski definition) is 1. The smallest absolute Gasteiger partial charge is 0.256 e. The molecule has 1 amide bonds. The second kappa shape index (κ2) is 8.09. The van der Waals surface area contributed by atoms with Gasteiger partial charge in [-0.05, 0) is 49.4 Å². The maximum atomic E-state index is 12.5. The number of carbonyl (C=O) groups excluding carboxylic acids is 1. The van der Waals surface area contributed by atoms with Crippen molar-refractivity contribution in [3.05, 3.63) is 63.6 Å². The minimum Gasteiger partial charge on any atom is -0.352 e. The molecule has 27 heavy (non-hydrogen) atoms. The molecule has 0 aliphatic carbocycles. The van der Waals surface area contributed by atoms with Crippen LogP contribution in [0.4, 0.5) is 0 Å². The van der Waals surface area contributed by atoms with Gasteiger partial charge in [0.2, 0.25) is 0 Å². The molecular weight excluding hydrogens is 360 g/mol. The third-order valence-corrected chi connectivity index (χ3v) is 5.01. The van der Waals surface area contributed by atoms with Crippen molar-refractivity contribution in [1.29, 1.82) is 0 Å². The molecule has 2 aromatic heterocycles. The molecule has 0 spiro atoms. The summed E-state index contributed by atoms with van der Waals surface area (Å²) < 4.78 is 1.76. The Balaban J connectivity index is 1.89. The highest BCUT2D eigenvalue weighted by Crippen LogP contribution is 2.21. The molecule has 1 aromatic carbocycles. The fourth-order valence-corrected chi connectivity index (χ4v) is 3.23. The Bertz CT molecular complexity index is 960. The Kier molecular flexibility index (Phi) is 5.80. The van der Waals surface area contributed by atoms with E-state index in [2.05, 4.69) is 29.2 Å². The third-order valence-electron chi connectivity index (χ3n) is 4.75. The first-order valence-corrected chi connectivity index (χ1v) is 9.61. The van der Waals surface area contributed by atoms with E-state index >= 15 is 0 Å². The fraction of sp³-hybridized carbons (Fsp3) is 0.381. The van der Waals surface area contributed by atoms with Gasteiger partial charge >= 0.3 is 0 Å². The van der Waals surface area contributed by atoms with Crippen molar-refractivity contribution in [2.45, 2.75) is 40.5 Å². The standard InChI is InChI=1S/C21H25ClN4O/c1-13(2)9-10-23-21(27)19-12-24-26-15(4)18(14(3)25-20(19)26)11-16-5-7-17(22)8-6-16/h5-8,12-13H,9-11H2,1-4H3,(H,23,27). The van der Waals surface area contributed by atoms with Crippen molar-refractivity contribution in [3.8, 4) is 0 Å². The maximum Gasteiger partial charge on any atom is 0.256 e. The highest BCUT2D eigenvalue weighted by molar-refractivity contribution is 6.30. The van der Waals surface area contributed by atoms with Gasteiger partial charge in [0.25, 0.3) is 5.91 Å². The van der Waals surface area contributed by atoms with E-state index in [9.17, 15) is 4.79 Å². The summed E-state index contributed by atoms with van der Waals surface area (Å²) >= 11 is 5.98. The summed E-state index contributed by atoms with van der Waals surface area (Å²) in [4.78, 5) is 17.2. The number of benzene rings is 1. The summed E-state index contributed by atoms with van der Waals surface area (Å²) in [5.74, 6) is 0.426. The van der Waals surface area contributed by atoms with Gasteiger partial charge in [-0.25, -0.2) is 9.50 Å². The number of aryl methyl sites for hydroxylation is 2. The van der Waals surface area contributed by atoms with Gasteiger partial charge in [-0.3, -0.25) is 4.79 Å². The minimum absolute atomic E-state index is 0.123. The number of rotatable bonds is 6. The lowest BCUT2D eigenvalue weighted by Crippen LogP contribution is -2.25. The first kappa shape index (κ1) is 19.4.